The third kappa shape index (κ3) is 3.02. The first-order chi connectivity index (χ1) is 12.3. The van der Waals surface area contributed by atoms with Gasteiger partial charge in [0.2, 0.25) is 0 Å². The molecular formula is C19H17ClN2O3S. The molecule has 0 aliphatic carbocycles. The van der Waals surface area contributed by atoms with Gasteiger partial charge in [-0.3, -0.25) is 4.79 Å². The van der Waals surface area contributed by atoms with Crippen LogP contribution in [-0.4, -0.2) is 28.8 Å². The summed E-state index contributed by atoms with van der Waals surface area (Å²) >= 11 is 11.6. The highest BCUT2D eigenvalue weighted by Crippen LogP contribution is 2.30. The second-order valence-corrected chi connectivity index (χ2v) is 6.63. The molecule has 0 bridgehead atoms. The molecule has 0 atom stereocenters. The third-order valence-corrected chi connectivity index (χ3v) is 5.02. The lowest BCUT2D eigenvalue weighted by molar-refractivity contribution is 0.415. The van der Waals surface area contributed by atoms with Gasteiger partial charge in [0.05, 0.1) is 12.6 Å². The summed E-state index contributed by atoms with van der Waals surface area (Å²) in [6, 6.07) is 12.2. The number of aromatic hydroxyl groups is 1. The number of hydrogen-bond donors (Lipinski definition) is 1. The van der Waals surface area contributed by atoms with E-state index >= 15 is 0 Å². The molecule has 0 saturated heterocycles. The van der Waals surface area contributed by atoms with E-state index in [-0.39, 0.29) is 21.9 Å². The Kier molecular flexibility index (Phi) is 4.89. The number of hydrogen-bond acceptors (Lipinski definition) is 4. The zero-order valence-corrected chi connectivity index (χ0v) is 16.1. The first kappa shape index (κ1) is 18.2. The molecule has 0 radical (unpaired) electrons. The van der Waals surface area contributed by atoms with Gasteiger partial charge in [-0.2, -0.15) is 0 Å². The lowest BCUT2D eigenvalue weighted by atomic mass is 10.1. The molecule has 2 aromatic carbocycles. The van der Waals surface area contributed by atoms with Crippen molar-refractivity contribution >= 4 is 45.4 Å². The van der Waals surface area contributed by atoms with Crippen LogP contribution in [0.1, 0.15) is 5.56 Å². The summed E-state index contributed by atoms with van der Waals surface area (Å²) in [5.74, 6) is 0.545. The predicted molar refractivity (Wildman–Crippen MR) is 109 cm³/mol. The standard InChI is InChI=1S/C19H17ClN2O3S/c1-21(12-5-7-13(25-3)8-6-12)19(26)16-17(23)14-10-11(20)4-9-15(14)22(2)18(16)24/h4-10,23H,1-3H3. The summed E-state index contributed by atoms with van der Waals surface area (Å²) in [5.41, 5.74) is 1.04. The second kappa shape index (κ2) is 6.97. The maximum atomic E-state index is 12.8. The number of anilines is 1. The van der Waals surface area contributed by atoms with Gasteiger partial charge in [0.1, 0.15) is 22.1 Å². The van der Waals surface area contributed by atoms with Crippen LogP contribution in [0.3, 0.4) is 0 Å². The van der Waals surface area contributed by atoms with Crippen LogP contribution in [-0.2, 0) is 7.05 Å². The molecule has 26 heavy (non-hydrogen) atoms. The van der Waals surface area contributed by atoms with Crippen molar-refractivity contribution in [3.63, 3.8) is 0 Å². The van der Waals surface area contributed by atoms with E-state index in [0.717, 1.165) is 5.69 Å². The van der Waals surface area contributed by atoms with E-state index in [1.54, 1.807) is 56.4 Å². The van der Waals surface area contributed by atoms with Gasteiger partial charge in [-0.05, 0) is 42.5 Å². The highest BCUT2D eigenvalue weighted by molar-refractivity contribution is 7.81. The molecule has 0 saturated carbocycles. The highest BCUT2D eigenvalue weighted by Gasteiger charge is 2.21. The van der Waals surface area contributed by atoms with Crippen LogP contribution in [0.5, 0.6) is 11.5 Å². The van der Waals surface area contributed by atoms with Gasteiger partial charge >= 0.3 is 0 Å². The smallest absolute Gasteiger partial charge is 0.264 e. The zero-order chi connectivity index (χ0) is 19.0. The fourth-order valence-corrected chi connectivity index (χ4v) is 3.25. The van der Waals surface area contributed by atoms with Crippen LogP contribution < -0.4 is 15.2 Å². The molecule has 3 rings (SSSR count). The van der Waals surface area contributed by atoms with Crippen molar-refractivity contribution in [3.05, 3.63) is 63.4 Å². The van der Waals surface area contributed by atoms with Crippen LogP contribution >= 0.6 is 23.8 Å². The first-order valence-electron chi connectivity index (χ1n) is 7.78. The fourth-order valence-electron chi connectivity index (χ4n) is 2.79. The Bertz CT molecular complexity index is 1060. The van der Waals surface area contributed by atoms with E-state index in [4.69, 9.17) is 28.6 Å². The lowest BCUT2D eigenvalue weighted by Gasteiger charge is -2.22. The van der Waals surface area contributed by atoms with Gasteiger partial charge in [-0.15, -0.1) is 0 Å². The van der Waals surface area contributed by atoms with Gasteiger partial charge in [-0.25, -0.2) is 0 Å². The molecule has 1 heterocycles. The van der Waals surface area contributed by atoms with Gasteiger partial charge < -0.3 is 19.3 Å². The molecular weight excluding hydrogens is 372 g/mol. The summed E-state index contributed by atoms with van der Waals surface area (Å²) in [6.45, 7) is 0. The van der Waals surface area contributed by atoms with Gasteiger partial charge in [0.15, 0.2) is 0 Å². The summed E-state index contributed by atoms with van der Waals surface area (Å²) in [7, 11) is 4.97. The Labute approximate surface area is 161 Å². The average molecular weight is 389 g/mol. The molecule has 0 aliphatic heterocycles. The molecule has 3 aromatic rings. The highest BCUT2D eigenvalue weighted by atomic mass is 35.5. The molecule has 5 nitrogen and oxygen atoms in total. The molecule has 0 unspecified atom stereocenters. The van der Waals surface area contributed by atoms with E-state index in [1.165, 1.54) is 4.57 Å². The van der Waals surface area contributed by atoms with Crippen molar-refractivity contribution < 1.29 is 9.84 Å². The Morgan fingerprint density at radius 2 is 1.88 bits per heavy atom. The van der Waals surface area contributed by atoms with Crippen LogP contribution in [0.4, 0.5) is 5.69 Å². The predicted octanol–water partition coefficient (Wildman–Crippen LogP) is 3.72. The fraction of sp³-hybridized carbons (Fsp3) is 0.158. The van der Waals surface area contributed by atoms with Crippen molar-refractivity contribution in [3.8, 4) is 11.5 Å². The number of ether oxygens (including phenoxy) is 1. The number of nitrogens with zero attached hydrogens (tertiary/aromatic N) is 2. The Balaban J connectivity index is 2.14. The summed E-state index contributed by atoms with van der Waals surface area (Å²) in [6.07, 6.45) is 0. The summed E-state index contributed by atoms with van der Waals surface area (Å²) < 4.78 is 6.60. The largest absolute Gasteiger partial charge is 0.506 e. The number of rotatable bonds is 3. The number of fused-ring (bicyclic) bond motifs is 1. The molecule has 0 fully saturated rings. The molecule has 134 valence electrons. The zero-order valence-electron chi connectivity index (χ0n) is 14.5. The quantitative estimate of drug-likeness (QED) is 0.693. The second-order valence-electron chi connectivity index (χ2n) is 5.81. The van der Waals surface area contributed by atoms with E-state index in [9.17, 15) is 9.90 Å². The number of aromatic nitrogens is 1. The normalized spacial score (nSPS) is 10.8. The van der Waals surface area contributed by atoms with Crippen LogP contribution in [0.15, 0.2) is 47.3 Å². The molecule has 1 N–H and O–H groups in total. The van der Waals surface area contributed by atoms with Crippen molar-refractivity contribution in [1.29, 1.82) is 0 Å². The number of thiocarbonyl (C=S) groups is 1. The Morgan fingerprint density at radius 1 is 1.23 bits per heavy atom. The number of aryl methyl sites for hydroxylation is 1. The molecule has 7 heteroatoms. The van der Waals surface area contributed by atoms with E-state index in [2.05, 4.69) is 0 Å². The lowest BCUT2D eigenvalue weighted by Crippen LogP contribution is -2.33. The number of benzene rings is 2. The van der Waals surface area contributed by atoms with Gasteiger partial charge in [0, 0.05) is 30.2 Å². The van der Waals surface area contributed by atoms with Crippen molar-refractivity contribution in [2.45, 2.75) is 0 Å². The number of pyridine rings is 1. The molecule has 1 aromatic heterocycles. The topological polar surface area (TPSA) is 54.7 Å². The average Bonchev–Trinajstić information content (AvgIpc) is 2.65. The minimum atomic E-state index is -0.373. The molecule has 0 amide bonds. The maximum Gasteiger partial charge on any atom is 0.264 e. The molecule has 0 aliphatic rings. The Hall–Kier alpha value is -2.57. The first-order valence-corrected chi connectivity index (χ1v) is 8.57. The molecule has 0 spiro atoms. The monoisotopic (exact) mass is 388 g/mol. The minimum Gasteiger partial charge on any atom is -0.506 e. The SMILES string of the molecule is COc1ccc(N(C)C(=S)c2c(O)c3cc(Cl)ccc3n(C)c2=O)cc1. The van der Waals surface area contributed by atoms with Gasteiger partial charge in [-0.1, -0.05) is 23.8 Å². The summed E-state index contributed by atoms with van der Waals surface area (Å²) in [4.78, 5) is 14.7. The van der Waals surface area contributed by atoms with Crippen molar-refractivity contribution in [2.24, 2.45) is 7.05 Å². The van der Waals surface area contributed by atoms with E-state index in [0.29, 0.717) is 21.7 Å². The van der Waals surface area contributed by atoms with E-state index in [1.807, 2.05) is 12.1 Å². The number of halogens is 1. The minimum absolute atomic E-state index is 0.0654. The number of methoxy groups -OCH3 is 1. The Morgan fingerprint density at radius 3 is 2.50 bits per heavy atom. The van der Waals surface area contributed by atoms with Crippen LogP contribution in [0, 0.1) is 0 Å². The third-order valence-electron chi connectivity index (χ3n) is 4.31. The van der Waals surface area contributed by atoms with Crippen molar-refractivity contribution in [2.75, 3.05) is 19.1 Å². The van der Waals surface area contributed by atoms with Crippen LogP contribution in [0.25, 0.3) is 10.9 Å². The summed E-state index contributed by atoms with van der Waals surface area (Å²) in [5, 5.41) is 11.7. The van der Waals surface area contributed by atoms with Gasteiger partial charge in [0.25, 0.3) is 5.56 Å². The maximum absolute atomic E-state index is 12.8. The van der Waals surface area contributed by atoms with E-state index < -0.39 is 0 Å². The van der Waals surface area contributed by atoms with Crippen LogP contribution in [0.2, 0.25) is 5.02 Å². The van der Waals surface area contributed by atoms with Crippen molar-refractivity contribution in [1.82, 2.24) is 4.57 Å².